The van der Waals surface area contributed by atoms with E-state index >= 15 is 0 Å². The molecule has 0 fully saturated rings. The molecule has 1 aliphatic rings. The number of hydrogen-bond acceptors (Lipinski definition) is 7. The number of hydrazine groups is 1. The number of carbonyl (C=O) groups is 1. The van der Waals surface area contributed by atoms with Crippen molar-refractivity contribution in [3.05, 3.63) is 64.2 Å². The predicted octanol–water partition coefficient (Wildman–Crippen LogP) is 2.34. The molecule has 0 aliphatic carbocycles. The summed E-state index contributed by atoms with van der Waals surface area (Å²) >= 11 is 0. The average Bonchev–Trinajstić information content (AvgIpc) is 2.70. The Kier molecular flexibility index (Phi) is 5.64. The molecule has 0 saturated carbocycles. The fraction of sp³-hybridized carbons (Fsp3) is 0.211. The number of nitro groups is 1. The van der Waals surface area contributed by atoms with E-state index < -0.39 is 17.4 Å². The van der Waals surface area contributed by atoms with Crippen LogP contribution in [-0.2, 0) is 4.79 Å². The topological polar surface area (TPSA) is 112 Å². The van der Waals surface area contributed by atoms with Crippen LogP contribution in [0, 0.1) is 17.0 Å². The van der Waals surface area contributed by atoms with E-state index in [0.29, 0.717) is 36.0 Å². The van der Waals surface area contributed by atoms with Crippen molar-refractivity contribution in [3.63, 3.8) is 0 Å². The van der Waals surface area contributed by atoms with Gasteiger partial charge in [-0.1, -0.05) is 12.6 Å². The minimum absolute atomic E-state index is 0.0245. The summed E-state index contributed by atoms with van der Waals surface area (Å²) in [7, 11) is 0. The van der Waals surface area contributed by atoms with E-state index in [1.165, 1.54) is 12.1 Å². The molecule has 0 spiro atoms. The third-order valence-electron chi connectivity index (χ3n) is 3.91. The van der Waals surface area contributed by atoms with E-state index in [4.69, 9.17) is 14.2 Å². The first-order valence-corrected chi connectivity index (χ1v) is 8.45. The van der Waals surface area contributed by atoms with Crippen molar-refractivity contribution in [1.82, 2.24) is 10.9 Å². The van der Waals surface area contributed by atoms with Crippen LogP contribution >= 0.6 is 0 Å². The fourth-order valence-corrected chi connectivity index (χ4v) is 2.52. The second kappa shape index (κ2) is 8.30. The molecule has 1 amide bonds. The number of nitrogens with zero attached hydrogens (tertiary/aromatic N) is 1. The van der Waals surface area contributed by atoms with Gasteiger partial charge in [-0.3, -0.25) is 25.8 Å². The summed E-state index contributed by atoms with van der Waals surface area (Å²) < 4.78 is 16.2. The average molecular weight is 385 g/mol. The van der Waals surface area contributed by atoms with E-state index in [0.717, 1.165) is 5.56 Å². The molecular formula is C19H19N3O6. The summed E-state index contributed by atoms with van der Waals surface area (Å²) in [6.45, 7) is 6.16. The lowest BCUT2D eigenvalue weighted by Gasteiger charge is -2.19. The zero-order valence-electron chi connectivity index (χ0n) is 15.2. The molecule has 3 rings (SSSR count). The molecule has 2 aromatic carbocycles. The largest absolute Gasteiger partial charge is 0.486 e. The highest BCUT2D eigenvalue weighted by Crippen LogP contribution is 2.32. The monoisotopic (exact) mass is 385 g/mol. The highest BCUT2D eigenvalue weighted by Gasteiger charge is 2.17. The van der Waals surface area contributed by atoms with E-state index in [9.17, 15) is 14.9 Å². The number of rotatable bonds is 7. The number of benzene rings is 2. The van der Waals surface area contributed by atoms with Crippen LogP contribution in [0.2, 0.25) is 0 Å². The van der Waals surface area contributed by atoms with Crippen LogP contribution in [0.15, 0.2) is 43.0 Å². The zero-order chi connectivity index (χ0) is 20.1. The van der Waals surface area contributed by atoms with Gasteiger partial charge in [0, 0.05) is 11.6 Å². The Balaban J connectivity index is 1.53. The fourth-order valence-electron chi connectivity index (χ4n) is 2.52. The van der Waals surface area contributed by atoms with Gasteiger partial charge in [-0.2, -0.15) is 0 Å². The molecule has 1 aliphatic heterocycles. The van der Waals surface area contributed by atoms with Crippen molar-refractivity contribution < 1.29 is 23.9 Å². The first-order valence-electron chi connectivity index (χ1n) is 8.45. The van der Waals surface area contributed by atoms with Gasteiger partial charge in [-0.05, 0) is 36.8 Å². The predicted molar refractivity (Wildman–Crippen MR) is 101 cm³/mol. The van der Waals surface area contributed by atoms with Gasteiger partial charge in [0.25, 0.3) is 5.91 Å². The number of nitro benzene ring substituents is 1. The second-order valence-corrected chi connectivity index (χ2v) is 6.03. The van der Waals surface area contributed by atoms with Crippen molar-refractivity contribution in [3.8, 4) is 17.2 Å². The molecule has 0 radical (unpaired) electrons. The summed E-state index contributed by atoms with van der Waals surface area (Å²) in [4.78, 5) is 22.5. The number of amides is 1. The van der Waals surface area contributed by atoms with E-state index in [1.54, 1.807) is 31.2 Å². The SMILES string of the molecule is C=C(NNC(=O)COc1ccc(C)cc1[N+](=O)[O-])c1ccc2c(c1)OCCO2. The van der Waals surface area contributed by atoms with Gasteiger partial charge in [-0.15, -0.1) is 0 Å². The molecule has 0 bridgehead atoms. The Morgan fingerprint density at radius 3 is 2.68 bits per heavy atom. The highest BCUT2D eigenvalue weighted by molar-refractivity contribution is 5.79. The standard InChI is InChI=1S/C19H19N3O6/c1-12-3-5-16(15(9-12)22(24)25)28-11-19(23)21-20-13(2)14-4-6-17-18(10-14)27-8-7-26-17/h3-6,9-10,20H,2,7-8,11H2,1H3,(H,21,23). The number of fused-ring (bicyclic) bond motifs is 1. The molecule has 9 nitrogen and oxygen atoms in total. The summed E-state index contributed by atoms with van der Waals surface area (Å²) in [6.07, 6.45) is 0. The molecule has 1 heterocycles. The Morgan fingerprint density at radius 1 is 1.18 bits per heavy atom. The lowest BCUT2D eigenvalue weighted by Crippen LogP contribution is -2.39. The van der Waals surface area contributed by atoms with Crippen LogP contribution in [0.5, 0.6) is 17.2 Å². The molecule has 0 atom stereocenters. The van der Waals surface area contributed by atoms with Crippen LogP contribution in [0.3, 0.4) is 0 Å². The van der Waals surface area contributed by atoms with Gasteiger partial charge in [0.1, 0.15) is 13.2 Å². The maximum absolute atomic E-state index is 12.0. The third kappa shape index (κ3) is 4.50. The lowest BCUT2D eigenvalue weighted by atomic mass is 10.1. The van der Waals surface area contributed by atoms with Gasteiger partial charge in [0.15, 0.2) is 23.9 Å². The molecule has 2 N–H and O–H groups in total. The first-order chi connectivity index (χ1) is 13.4. The Bertz CT molecular complexity index is 928. The summed E-state index contributed by atoms with van der Waals surface area (Å²) in [5.74, 6) is 0.762. The third-order valence-corrected chi connectivity index (χ3v) is 3.91. The van der Waals surface area contributed by atoms with Crippen LogP contribution in [0.4, 0.5) is 5.69 Å². The van der Waals surface area contributed by atoms with Crippen molar-refractivity contribution in [2.45, 2.75) is 6.92 Å². The molecule has 0 unspecified atom stereocenters. The van der Waals surface area contributed by atoms with E-state index in [-0.39, 0.29) is 11.4 Å². The Labute approximate surface area is 161 Å². The van der Waals surface area contributed by atoms with Crippen molar-refractivity contribution in [1.29, 1.82) is 0 Å². The second-order valence-electron chi connectivity index (χ2n) is 6.03. The maximum Gasteiger partial charge on any atom is 0.311 e. The minimum atomic E-state index is -0.553. The van der Waals surface area contributed by atoms with Gasteiger partial charge in [0.05, 0.1) is 10.6 Å². The van der Waals surface area contributed by atoms with E-state index in [1.807, 2.05) is 0 Å². The van der Waals surface area contributed by atoms with Crippen LogP contribution in [-0.4, -0.2) is 30.7 Å². The summed E-state index contributed by atoms with van der Waals surface area (Å²) in [6, 6.07) is 9.81. The maximum atomic E-state index is 12.0. The minimum Gasteiger partial charge on any atom is -0.486 e. The molecule has 28 heavy (non-hydrogen) atoms. The number of ether oxygens (including phenoxy) is 3. The first kappa shape index (κ1) is 19.0. The molecule has 0 saturated heterocycles. The summed E-state index contributed by atoms with van der Waals surface area (Å²) in [5.41, 5.74) is 6.79. The molecule has 0 aromatic heterocycles. The van der Waals surface area contributed by atoms with Crippen molar-refractivity contribution >= 4 is 17.3 Å². The van der Waals surface area contributed by atoms with Crippen molar-refractivity contribution in [2.24, 2.45) is 0 Å². The normalized spacial score (nSPS) is 12.0. The summed E-state index contributed by atoms with van der Waals surface area (Å²) in [5, 5.41) is 11.1. The number of aryl methyl sites for hydroxylation is 1. The molecule has 146 valence electrons. The van der Waals surface area contributed by atoms with Gasteiger partial charge in [-0.25, -0.2) is 0 Å². The molecular weight excluding hydrogens is 366 g/mol. The lowest BCUT2D eigenvalue weighted by molar-refractivity contribution is -0.385. The quantitative estimate of drug-likeness (QED) is 0.556. The number of nitrogens with one attached hydrogen (secondary N) is 2. The number of carbonyl (C=O) groups excluding carboxylic acids is 1. The Hall–Kier alpha value is -3.75. The van der Waals surface area contributed by atoms with Gasteiger partial charge >= 0.3 is 5.69 Å². The molecule has 9 heteroatoms. The van der Waals surface area contributed by atoms with Crippen LogP contribution < -0.4 is 25.1 Å². The van der Waals surface area contributed by atoms with E-state index in [2.05, 4.69) is 17.4 Å². The number of hydrogen-bond donors (Lipinski definition) is 2. The van der Waals surface area contributed by atoms with Gasteiger partial charge in [0.2, 0.25) is 0 Å². The highest BCUT2D eigenvalue weighted by atomic mass is 16.6. The van der Waals surface area contributed by atoms with Gasteiger partial charge < -0.3 is 14.2 Å². The Morgan fingerprint density at radius 2 is 1.93 bits per heavy atom. The van der Waals surface area contributed by atoms with Crippen LogP contribution in [0.25, 0.3) is 5.70 Å². The zero-order valence-corrected chi connectivity index (χ0v) is 15.2. The smallest absolute Gasteiger partial charge is 0.311 e. The van der Waals surface area contributed by atoms with Crippen molar-refractivity contribution in [2.75, 3.05) is 19.8 Å². The molecule has 2 aromatic rings. The van der Waals surface area contributed by atoms with Crippen LogP contribution in [0.1, 0.15) is 11.1 Å².